The molecule has 0 N–H and O–H groups in total. The summed E-state index contributed by atoms with van der Waals surface area (Å²) in [6.07, 6.45) is 25.5. The Balaban J connectivity index is 1.47. The zero-order valence-electron chi connectivity index (χ0n) is 22.1. The molecule has 0 aliphatic carbocycles. The smallest absolute Gasteiger partial charge is 0.155 e. The van der Waals surface area contributed by atoms with Gasteiger partial charge in [-0.3, -0.25) is 0 Å². The largest absolute Gasteiger partial charge is 0.217 e. The summed E-state index contributed by atoms with van der Waals surface area (Å²) in [7, 11) is -2.14. The first-order chi connectivity index (χ1) is 16.8. The highest BCUT2D eigenvalue weighted by Crippen LogP contribution is 2.21. The van der Waals surface area contributed by atoms with Crippen molar-refractivity contribution in [2.24, 2.45) is 0 Å². The maximum Gasteiger partial charge on any atom is 0.217 e. The first kappa shape index (κ1) is 29.2. The lowest BCUT2D eigenvalue weighted by atomic mass is 10.0. The van der Waals surface area contributed by atoms with Crippen LogP contribution in [0.5, 0.6) is 0 Å². The van der Waals surface area contributed by atoms with Gasteiger partial charge >= 0.3 is 0 Å². The predicted molar refractivity (Wildman–Crippen MR) is 157 cm³/mol. The Kier molecular flexibility index (Phi) is 16.5. The lowest BCUT2D eigenvalue weighted by Crippen LogP contribution is -2.53. The van der Waals surface area contributed by atoms with Crippen LogP contribution in [-0.4, -0.2) is 7.38 Å². The van der Waals surface area contributed by atoms with Gasteiger partial charge in [-0.1, -0.05) is 183 Å². The number of hydrogen-bond acceptors (Lipinski definition) is 0. The van der Waals surface area contributed by atoms with Crippen molar-refractivity contribution in [3.8, 4) is 0 Å². The van der Waals surface area contributed by atoms with Crippen LogP contribution in [0.4, 0.5) is 0 Å². The van der Waals surface area contributed by atoms with Crippen molar-refractivity contribution in [2.45, 2.75) is 129 Å². The van der Waals surface area contributed by atoms with E-state index in [0.29, 0.717) is 0 Å². The third-order valence-corrected chi connectivity index (χ3v) is 12.8. The highest BCUT2D eigenvalue weighted by molar-refractivity contribution is 7.34. The fourth-order valence-corrected chi connectivity index (χ4v) is 9.38. The molecule has 2 aromatic rings. The van der Waals surface area contributed by atoms with E-state index in [4.69, 9.17) is 11.1 Å². The Morgan fingerprint density at radius 3 is 1.06 bits per heavy atom. The second kappa shape index (κ2) is 19.2. The van der Waals surface area contributed by atoms with Gasteiger partial charge in [-0.15, -0.1) is 0 Å². The van der Waals surface area contributed by atoms with E-state index in [-0.39, 0.29) is 0 Å². The van der Waals surface area contributed by atoms with E-state index in [0.717, 1.165) is 6.04 Å². The van der Waals surface area contributed by atoms with Gasteiger partial charge in [0.2, 0.25) is 7.38 Å². The van der Waals surface area contributed by atoms with Crippen LogP contribution in [0.3, 0.4) is 0 Å². The number of halogens is 1. The Bertz CT molecular complexity index is 660. The standard InChI is InChI=1S/C32H51ClSi/c1-2-3-4-5-6-7-8-9-10-11-12-13-14-15-16-17-18-25-30-34(33,31-26-21-19-22-27-31)32-28-23-20-24-29-32/h19-24,26-29H,2-18,25,30H2,1H3. The third kappa shape index (κ3) is 12.1. The molecule has 2 heteroatoms. The molecule has 0 heterocycles. The fourth-order valence-electron chi connectivity index (χ4n) is 5.13. The molecule has 0 bridgehead atoms. The Labute approximate surface area is 217 Å². The van der Waals surface area contributed by atoms with E-state index in [1.165, 1.54) is 126 Å². The lowest BCUT2D eigenvalue weighted by Gasteiger charge is -2.25. The molecule has 0 radical (unpaired) electrons. The van der Waals surface area contributed by atoms with Crippen molar-refractivity contribution >= 4 is 28.8 Å². The average molecular weight is 499 g/mol. The summed E-state index contributed by atoms with van der Waals surface area (Å²) in [4.78, 5) is 0. The molecule has 0 unspecified atom stereocenters. The van der Waals surface area contributed by atoms with Gasteiger partial charge in [-0.25, -0.2) is 0 Å². The van der Waals surface area contributed by atoms with Crippen molar-refractivity contribution in [1.82, 2.24) is 0 Å². The van der Waals surface area contributed by atoms with Crippen LogP contribution in [0, 0.1) is 0 Å². The second-order valence-electron chi connectivity index (χ2n) is 10.3. The van der Waals surface area contributed by atoms with Gasteiger partial charge < -0.3 is 0 Å². The van der Waals surface area contributed by atoms with Crippen molar-refractivity contribution in [2.75, 3.05) is 0 Å². The van der Waals surface area contributed by atoms with E-state index in [1.807, 2.05) is 0 Å². The van der Waals surface area contributed by atoms with Crippen LogP contribution >= 0.6 is 11.1 Å². The minimum Gasteiger partial charge on any atom is -0.155 e. The number of rotatable bonds is 21. The van der Waals surface area contributed by atoms with Gasteiger partial charge in [0, 0.05) is 0 Å². The first-order valence-electron chi connectivity index (χ1n) is 14.6. The second-order valence-corrected chi connectivity index (χ2v) is 15.5. The molecular weight excluding hydrogens is 448 g/mol. The van der Waals surface area contributed by atoms with Gasteiger partial charge in [-0.05, 0) is 16.4 Å². The van der Waals surface area contributed by atoms with Gasteiger partial charge in [-0.2, -0.15) is 11.1 Å². The molecule has 0 spiro atoms. The van der Waals surface area contributed by atoms with Crippen molar-refractivity contribution in [1.29, 1.82) is 0 Å². The van der Waals surface area contributed by atoms with Gasteiger partial charge in [0.05, 0.1) is 0 Å². The van der Waals surface area contributed by atoms with Crippen LogP contribution in [0.15, 0.2) is 60.7 Å². The summed E-state index contributed by atoms with van der Waals surface area (Å²) >= 11 is 7.41. The third-order valence-electron chi connectivity index (χ3n) is 7.34. The van der Waals surface area contributed by atoms with E-state index in [9.17, 15) is 0 Å². The molecule has 2 rings (SSSR count). The molecule has 0 amide bonds. The maximum absolute atomic E-state index is 7.41. The Morgan fingerprint density at radius 1 is 0.441 bits per heavy atom. The van der Waals surface area contributed by atoms with Crippen LogP contribution in [0.2, 0.25) is 6.04 Å². The minimum absolute atomic E-state index is 1.14. The van der Waals surface area contributed by atoms with Crippen LogP contribution < -0.4 is 10.4 Å². The number of hydrogen-bond donors (Lipinski definition) is 0. The molecule has 2 aromatic carbocycles. The van der Waals surface area contributed by atoms with Crippen LogP contribution in [0.1, 0.15) is 122 Å². The van der Waals surface area contributed by atoms with E-state index < -0.39 is 7.38 Å². The van der Waals surface area contributed by atoms with E-state index in [2.05, 4.69) is 67.6 Å². The van der Waals surface area contributed by atoms with Crippen molar-refractivity contribution in [3.05, 3.63) is 60.7 Å². The minimum atomic E-state index is -2.14. The molecule has 0 saturated carbocycles. The summed E-state index contributed by atoms with van der Waals surface area (Å²) in [5, 5.41) is 2.71. The summed E-state index contributed by atoms with van der Waals surface area (Å²) in [6.45, 7) is 2.30. The summed E-state index contributed by atoms with van der Waals surface area (Å²) in [6, 6.07) is 22.8. The zero-order valence-corrected chi connectivity index (χ0v) is 23.8. The molecule has 0 aliphatic rings. The van der Waals surface area contributed by atoms with Crippen LogP contribution in [-0.2, 0) is 0 Å². The first-order valence-corrected chi connectivity index (χ1v) is 17.8. The normalized spacial score (nSPS) is 11.7. The molecule has 0 fully saturated rings. The predicted octanol–water partition coefficient (Wildman–Crippen LogP) is 10.0. The SMILES string of the molecule is CCCCCCCCCCCCCCCCCCCC[Si](Cl)(c1ccccc1)c1ccccc1. The summed E-state index contributed by atoms with van der Waals surface area (Å²) in [5.74, 6) is 0. The fraction of sp³-hybridized carbons (Fsp3) is 0.625. The molecule has 0 aliphatic heterocycles. The molecule has 190 valence electrons. The Morgan fingerprint density at radius 2 is 0.735 bits per heavy atom. The molecule has 0 atom stereocenters. The van der Waals surface area contributed by atoms with Crippen LogP contribution in [0.25, 0.3) is 0 Å². The van der Waals surface area contributed by atoms with Gasteiger partial charge in [0.1, 0.15) is 0 Å². The quantitative estimate of drug-likeness (QED) is 0.0911. The Hall–Kier alpha value is -1.05. The van der Waals surface area contributed by atoms with Gasteiger partial charge in [0.15, 0.2) is 0 Å². The summed E-state index contributed by atoms with van der Waals surface area (Å²) < 4.78 is 0. The zero-order chi connectivity index (χ0) is 24.2. The highest BCUT2D eigenvalue weighted by Gasteiger charge is 2.34. The molecular formula is C32H51ClSi. The summed E-state index contributed by atoms with van der Waals surface area (Å²) in [5.41, 5.74) is 0. The number of benzene rings is 2. The van der Waals surface area contributed by atoms with E-state index >= 15 is 0 Å². The lowest BCUT2D eigenvalue weighted by molar-refractivity contribution is 0.526. The van der Waals surface area contributed by atoms with Crippen molar-refractivity contribution < 1.29 is 0 Å². The highest BCUT2D eigenvalue weighted by atomic mass is 35.6. The topological polar surface area (TPSA) is 0 Å². The van der Waals surface area contributed by atoms with Gasteiger partial charge in [0.25, 0.3) is 0 Å². The molecule has 0 nitrogen and oxygen atoms in total. The monoisotopic (exact) mass is 498 g/mol. The van der Waals surface area contributed by atoms with E-state index in [1.54, 1.807) is 0 Å². The average Bonchev–Trinajstić information content (AvgIpc) is 2.89. The molecule has 0 saturated heterocycles. The van der Waals surface area contributed by atoms with Crippen molar-refractivity contribution in [3.63, 3.8) is 0 Å². The molecule has 34 heavy (non-hydrogen) atoms. The molecule has 0 aromatic heterocycles. The number of unbranched alkanes of at least 4 members (excludes halogenated alkanes) is 17. The maximum atomic E-state index is 7.41.